The van der Waals surface area contributed by atoms with E-state index >= 15 is 0 Å². The van der Waals surface area contributed by atoms with Gasteiger partial charge in [0.2, 0.25) is 5.91 Å². The largest absolute Gasteiger partial charge is 0.508 e. The molecule has 1 atom stereocenters. The van der Waals surface area contributed by atoms with E-state index in [-0.39, 0.29) is 18.0 Å². The number of carbonyl (C=O) groups excluding carboxylic acids is 1. The first kappa shape index (κ1) is 12.9. The maximum absolute atomic E-state index is 11.6. The van der Waals surface area contributed by atoms with Crippen LogP contribution < -0.4 is 10.6 Å². The number of phenolic OH excluding ortho intramolecular Hbond substituents is 1. The SMILES string of the molecule is CC(C)NC(=O)CNC1CCc2c(O)cccc21. The van der Waals surface area contributed by atoms with Crippen molar-refractivity contribution in [3.05, 3.63) is 29.3 Å². The smallest absolute Gasteiger partial charge is 0.234 e. The highest BCUT2D eigenvalue weighted by molar-refractivity contribution is 5.78. The lowest BCUT2D eigenvalue weighted by Gasteiger charge is -2.15. The lowest BCUT2D eigenvalue weighted by Crippen LogP contribution is -2.38. The van der Waals surface area contributed by atoms with Gasteiger partial charge < -0.3 is 15.7 Å². The van der Waals surface area contributed by atoms with Crippen LogP contribution in [0.5, 0.6) is 5.75 Å². The highest BCUT2D eigenvalue weighted by Gasteiger charge is 2.24. The summed E-state index contributed by atoms with van der Waals surface area (Å²) in [6.07, 6.45) is 1.80. The third kappa shape index (κ3) is 2.82. The van der Waals surface area contributed by atoms with Crippen LogP contribution in [0.2, 0.25) is 0 Å². The van der Waals surface area contributed by atoms with Crippen molar-refractivity contribution < 1.29 is 9.90 Å². The minimum Gasteiger partial charge on any atom is -0.508 e. The number of amides is 1. The minimum atomic E-state index is 0.0126. The fourth-order valence-electron chi connectivity index (χ4n) is 2.44. The molecule has 0 aliphatic heterocycles. The van der Waals surface area contributed by atoms with Crippen molar-refractivity contribution in [2.75, 3.05) is 6.54 Å². The van der Waals surface area contributed by atoms with E-state index in [1.54, 1.807) is 6.07 Å². The molecule has 98 valence electrons. The van der Waals surface area contributed by atoms with Crippen LogP contribution in [-0.4, -0.2) is 23.6 Å². The Morgan fingerprint density at radius 2 is 2.28 bits per heavy atom. The fourth-order valence-corrected chi connectivity index (χ4v) is 2.44. The predicted octanol–water partition coefficient (Wildman–Crippen LogP) is 1.49. The summed E-state index contributed by atoms with van der Waals surface area (Å²) in [5.41, 5.74) is 2.13. The highest BCUT2D eigenvalue weighted by Crippen LogP contribution is 2.35. The van der Waals surface area contributed by atoms with Crippen molar-refractivity contribution in [2.24, 2.45) is 0 Å². The predicted molar refractivity (Wildman–Crippen MR) is 70.5 cm³/mol. The van der Waals surface area contributed by atoms with Gasteiger partial charge in [-0.05, 0) is 43.9 Å². The first-order valence-corrected chi connectivity index (χ1v) is 6.41. The topological polar surface area (TPSA) is 61.4 Å². The number of aromatic hydroxyl groups is 1. The molecule has 0 spiro atoms. The summed E-state index contributed by atoms with van der Waals surface area (Å²) in [5.74, 6) is 0.377. The Bertz CT molecular complexity index is 443. The second kappa shape index (κ2) is 5.40. The van der Waals surface area contributed by atoms with Gasteiger partial charge in [-0.2, -0.15) is 0 Å². The quantitative estimate of drug-likeness (QED) is 0.756. The van der Waals surface area contributed by atoms with E-state index in [0.717, 1.165) is 24.0 Å². The average Bonchev–Trinajstić information content (AvgIpc) is 2.70. The molecule has 1 aliphatic rings. The van der Waals surface area contributed by atoms with Crippen LogP contribution in [-0.2, 0) is 11.2 Å². The van der Waals surface area contributed by atoms with Crippen LogP contribution in [0, 0.1) is 0 Å². The molecule has 0 heterocycles. The summed E-state index contributed by atoms with van der Waals surface area (Å²) >= 11 is 0. The lowest BCUT2D eigenvalue weighted by atomic mass is 10.1. The van der Waals surface area contributed by atoms with Crippen molar-refractivity contribution in [1.29, 1.82) is 0 Å². The highest BCUT2D eigenvalue weighted by atomic mass is 16.3. The Labute approximate surface area is 107 Å². The number of fused-ring (bicyclic) bond motifs is 1. The number of carbonyl (C=O) groups is 1. The van der Waals surface area contributed by atoms with Crippen LogP contribution in [0.4, 0.5) is 0 Å². The van der Waals surface area contributed by atoms with Crippen LogP contribution in [0.1, 0.15) is 37.4 Å². The van der Waals surface area contributed by atoms with Crippen LogP contribution in [0.15, 0.2) is 18.2 Å². The number of hydrogen-bond donors (Lipinski definition) is 3. The van der Waals surface area contributed by atoms with E-state index in [4.69, 9.17) is 0 Å². The Balaban J connectivity index is 1.94. The fraction of sp³-hybridized carbons (Fsp3) is 0.500. The van der Waals surface area contributed by atoms with Gasteiger partial charge in [0.25, 0.3) is 0 Å². The van der Waals surface area contributed by atoms with Gasteiger partial charge in [-0.15, -0.1) is 0 Å². The summed E-state index contributed by atoms with van der Waals surface area (Å²) in [7, 11) is 0. The average molecular weight is 248 g/mol. The molecule has 1 aliphatic carbocycles. The zero-order valence-corrected chi connectivity index (χ0v) is 10.9. The Kier molecular flexibility index (Phi) is 3.87. The van der Waals surface area contributed by atoms with Gasteiger partial charge >= 0.3 is 0 Å². The molecule has 2 rings (SSSR count). The molecule has 0 saturated heterocycles. The molecule has 0 saturated carbocycles. The summed E-state index contributed by atoms with van der Waals surface area (Å²) in [4.78, 5) is 11.6. The molecule has 0 radical (unpaired) electrons. The number of nitrogens with one attached hydrogen (secondary N) is 2. The molecule has 1 amide bonds. The Morgan fingerprint density at radius 3 is 3.00 bits per heavy atom. The second-order valence-electron chi connectivity index (χ2n) is 5.04. The van der Waals surface area contributed by atoms with Gasteiger partial charge in [0.1, 0.15) is 5.75 Å². The summed E-state index contributed by atoms with van der Waals surface area (Å²) in [6, 6.07) is 5.92. The molecule has 4 heteroatoms. The number of benzene rings is 1. The molecule has 18 heavy (non-hydrogen) atoms. The van der Waals surface area contributed by atoms with Crippen molar-refractivity contribution in [3.8, 4) is 5.75 Å². The molecule has 3 N–H and O–H groups in total. The maximum atomic E-state index is 11.6. The van der Waals surface area contributed by atoms with Crippen molar-refractivity contribution in [1.82, 2.24) is 10.6 Å². The molecule has 0 fully saturated rings. The number of phenols is 1. The third-order valence-corrected chi connectivity index (χ3v) is 3.20. The standard InChI is InChI=1S/C14H20N2O2/c1-9(2)16-14(18)8-15-12-7-6-11-10(12)4-3-5-13(11)17/h3-5,9,12,15,17H,6-8H2,1-2H3,(H,16,18). The molecule has 0 bridgehead atoms. The van der Waals surface area contributed by atoms with Crippen molar-refractivity contribution in [2.45, 2.75) is 38.8 Å². The Hall–Kier alpha value is -1.55. The number of hydrogen-bond acceptors (Lipinski definition) is 3. The van der Waals surface area contributed by atoms with Gasteiger partial charge in [0, 0.05) is 12.1 Å². The maximum Gasteiger partial charge on any atom is 0.234 e. The van der Waals surface area contributed by atoms with Gasteiger partial charge in [0.15, 0.2) is 0 Å². The molecule has 1 aromatic carbocycles. The minimum absolute atomic E-state index is 0.0126. The molecular weight excluding hydrogens is 228 g/mol. The van der Waals surface area contributed by atoms with Crippen LogP contribution in [0.25, 0.3) is 0 Å². The number of rotatable bonds is 4. The summed E-state index contributed by atoms with van der Waals surface area (Å²) < 4.78 is 0. The van der Waals surface area contributed by atoms with Gasteiger partial charge in [-0.3, -0.25) is 4.79 Å². The van der Waals surface area contributed by atoms with E-state index in [2.05, 4.69) is 10.6 Å². The van der Waals surface area contributed by atoms with Gasteiger partial charge in [-0.25, -0.2) is 0 Å². The van der Waals surface area contributed by atoms with Gasteiger partial charge in [-0.1, -0.05) is 12.1 Å². The first-order chi connectivity index (χ1) is 8.58. The molecule has 0 aromatic heterocycles. The van der Waals surface area contributed by atoms with Gasteiger partial charge in [0.05, 0.1) is 6.54 Å². The Morgan fingerprint density at radius 1 is 1.50 bits per heavy atom. The van der Waals surface area contributed by atoms with E-state index in [9.17, 15) is 9.90 Å². The van der Waals surface area contributed by atoms with E-state index in [0.29, 0.717) is 12.3 Å². The third-order valence-electron chi connectivity index (χ3n) is 3.20. The van der Waals surface area contributed by atoms with Crippen molar-refractivity contribution in [3.63, 3.8) is 0 Å². The molecule has 4 nitrogen and oxygen atoms in total. The summed E-state index contributed by atoms with van der Waals surface area (Å²) in [6.45, 7) is 4.21. The van der Waals surface area contributed by atoms with Crippen molar-refractivity contribution >= 4 is 5.91 Å². The molecule has 1 unspecified atom stereocenters. The van der Waals surface area contributed by atoms with E-state index in [1.165, 1.54) is 0 Å². The molecular formula is C14H20N2O2. The van der Waals surface area contributed by atoms with E-state index in [1.807, 2.05) is 26.0 Å². The normalized spacial score (nSPS) is 17.8. The zero-order chi connectivity index (χ0) is 13.1. The molecule has 1 aromatic rings. The second-order valence-corrected chi connectivity index (χ2v) is 5.04. The van der Waals surface area contributed by atoms with Crippen LogP contribution >= 0.6 is 0 Å². The van der Waals surface area contributed by atoms with E-state index < -0.39 is 0 Å². The monoisotopic (exact) mass is 248 g/mol. The van der Waals surface area contributed by atoms with Crippen LogP contribution in [0.3, 0.4) is 0 Å². The lowest BCUT2D eigenvalue weighted by molar-refractivity contribution is -0.120. The first-order valence-electron chi connectivity index (χ1n) is 6.41. The summed E-state index contributed by atoms with van der Waals surface area (Å²) in [5, 5.41) is 15.8. The zero-order valence-electron chi connectivity index (χ0n) is 10.9.